The first-order chi connectivity index (χ1) is 6.02. The summed E-state index contributed by atoms with van der Waals surface area (Å²) in [4.78, 5) is 10.4. The van der Waals surface area contributed by atoms with Gasteiger partial charge < -0.3 is 10.3 Å². The van der Waals surface area contributed by atoms with Gasteiger partial charge in [-0.2, -0.15) is 0 Å². The molecule has 0 fully saturated rings. The molecule has 0 aliphatic heterocycles. The lowest BCUT2D eigenvalue weighted by molar-refractivity contribution is 0.0996. The molecule has 4 nitrogen and oxygen atoms in total. The van der Waals surface area contributed by atoms with Crippen LogP contribution < -0.4 is 5.73 Å². The molecule has 1 aromatic rings. The first kappa shape index (κ1) is 9.82. The minimum Gasteiger partial charge on any atom is -0.768 e. The molecule has 1 rings (SSSR count). The van der Waals surface area contributed by atoms with Crippen molar-refractivity contribution < 1.29 is 17.9 Å². The zero-order chi connectivity index (χ0) is 10.0. The lowest BCUT2D eigenvalue weighted by atomic mass is 10.2. The van der Waals surface area contributed by atoms with Crippen molar-refractivity contribution >= 4 is 17.0 Å². The summed E-state index contributed by atoms with van der Waals surface area (Å²) in [6.07, 6.45) is 0. The highest BCUT2D eigenvalue weighted by molar-refractivity contribution is 7.79. The molecule has 1 amide bonds. The summed E-state index contributed by atoms with van der Waals surface area (Å²) in [5.41, 5.74) is 4.50. The Morgan fingerprint density at radius 2 is 2.15 bits per heavy atom. The fraction of sp³-hybridized carbons (Fsp3) is 0. The fourth-order valence-electron chi connectivity index (χ4n) is 0.840. The number of hydrogen-bond acceptors (Lipinski definition) is 3. The van der Waals surface area contributed by atoms with E-state index in [1.54, 1.807) is 0 Å². The Balaban J connectivity index is 3.35. The molecule has 70 valence electrons. The number of carbonyl (C=O) groups excluding carboxylic acids is 1. The van der Waals surface area contributed by atoms with Crippen LogP contribution in [0.4, 0.5) is 4.39 Å². The Labute approximate surface area is 75.8 Å². The molecule has 0 aliphatic rings. The molecule has 1 unspecified atom stereocenters. The average molecular weight is 202 g/mol. The Morgan fingerprint density at radius 3 is 2.62 bits per heavy atom. The van der Waals surface area contributed by atoms with E-state index in [-0.39, 0.29) is 10.5 Å². The molecular formula is C7H5FNO3S-. The van der Waals surface area contributed by atoms with Crippen LogP contribution in [0.3, 0.4) is 0 Å². The van der Waals surface area contributed by atoms with Gasteiger partial charge in [-0.15, -0.1) is 0 Å². The van der Waals surface area contributed by atoms with Gasteiger partial charge in [-0.1, -0.05) is 0 Å². The fourth-order valence-corrected chi connectivity index (χ4v) is 1.36. The van der Waals surface area contributed by atoms with Crippen molar-refractivity contribution in [1.82, 2.24) is 0 Å². The van der Waals surface area contributed by atoms with E-state index < -0.39 is 22.8 Å². The minimum absolute atomic E-state index is 0.297. The number of carbonyl (C=O) groups is 1. The molecule has 0 bridgehead atoms. The van der Waals surface area contributed by atoms with Crippen molar-refractivity contribution in [2.75, 3.05) is 0 Å². The second kappa shape index (κ2) is 3.63. The standard InChI is InChI=1S/C7H6FNO3S/c8-4-1-2-6(13(11)12)5(3-4)7(9)10/h1-3H,(H2,9,10)(H,11,12)/p-1. The third kappa shape index (κ3) is 2.10. The molecule has 0 aliphatic carbocycles. The van der Waals surface area contributed by atoms with Crippen LogP contribution in [0.15, 0.2) is 23.1 Å². The van der Waals surface area contributed by atoms with Crippen LogP contribution in [0.1, 0.15) is 10.4 Å². The predicted octanol–water partition coefficient (Wildman–Crippen LogP) is 0.163. The van der Waals surface area contributed by atoms with Crippen molar-refractivity contribution in [3.8, 4) is 0 Å². The molecule has 6 heteroatoms. The summed E-state index contributed by atoms with van der Waals surface area (Å²) >= 11 is -2.59. The van der Waals surface area contributed by atoms with Crippen LogP contribution in [0.5, 0.6) is 0 Å². The van der Waals surface area contributed by atoms with Gasteiger partial charge in [-0.3, -0.25) is 9.00 Å². The van der Waals surface area contributed by atoms with Crippen molar-refractivity contribution in [3.63, 3.8) is 0 Å². The van der Waals surface area contributed by atoms with Crippen LogP contribution in [0.25, 0.3) is 0 Å². The van der Waals surface area contributed by atoms with E-state index in [1.165, 1.54) is 0 Å². The zero-order valence-corrected chi connectivity index (χ0v) is 7.14. The van der Waals surface area contributed by atoms with Gasteiger partial charge in [0.25, 0.3) is 0 Å². The molecule has 0 radical (unpaired) electrons. The lowest BCUT2D eigenvalue weighted by Crippen LogP contribution is -2.14. The minimum atomic E-state index is -2.59. The molecule has 1 atom stereocenters. The Hall–Kier alpha value is -1.27. The van der Waals surface area contributed by atoms with E-state index in [1.807, 2.05) is 0 Å². The highest BCUT2D eigenvalue weighted by Gasteiger charge is 2.09. The van der Waals surface area contributed by atoms with Crippen LogP contribution in [0.2, 0.25) is 0 Å². The van der Waals surface area contributed by atoms with Gasteiger partial charge in [0.15, 0.2) is 0 Å². The normalized spacial score (nSPS) is 12.5. The number of hydrogen-bond donors (Lipinski definition) is 1. The summed E-state index contributed by atoms with van der Waals surface area (Å²) in [5.74, 6) is -1.68. The first-order valence-corrected chi connectivity index (χ1v) is 4.28. The molecular weight excluding hydrogens is 197 g/mol. The number of rotatable bonds is 2. The molecule has 0 heterocycles. The summed E-state index contributed by atoms with van der Waals surface area (Å²) < 4.78 is 33.6. The van der Waals surface area contributed by atoms with Gasteiger partial charge >= 0.3 is 0 Å². The first-order valence-electron chi connectivity index (χ1n) is 3.21. The highest BCUT2D eigenvalue weighted by Crippen LogP contribution is 2.13. The van der Waals surface area contributed by atoms with Crippen molar-refractivity contribution in [2.45, 2.75) is 4.90 Å². The molecule has 2 N–H and O–H groups in total. The van der Waals surface area contributed by atoms with E-state index in [0.29, 0.717) is 0 Å². The lowest BCUT2D eigenvalue weighted by Gasteiger charge is -2.08. The highest BCUT2D eigenvalue weighted by atomic mass is 32.2. The molecule has 13 heavy (non-hydrogen) atoms. The van der Waals surface area contributed by atoms with Crippen molar-refractivity contribution in [2.24, 2.45) is 5.73 Å². The van der Waals surface area contributed by atoms with Gasteiger partial charge in [0.2, 0.25) is 5.91 Å². The number of benzene rings is 1. The monoisotopic (exact) mass is 202 g/mol. The number of amides is 1. The second-order valence-electron chi connectivity index (χ2n) is 2.24. The van der Waals surface area contributed by atoms with Crippen LogP contribution in [0, 0.1) is 5.82 Å². The predicted molar refractivity (Wildman–Crippen MR) is 42.1 cm³/mol. The van der Waals surface area contributed by atoms with Gasteiger partial charge in [-0.25, -0.2) is 4.39 Å². The third-order valence-electron chi connectivity index (χ3n) is 1.39. The van der Waals surface area contributed by atoms with Crippen molar-refractivity contribution in [3.05, 3.63) is 29.6 Å². The molecule has 0 spiro atoms. The van der Waals surface area contributed by atoms with Gasteiger partial charge in [-0.05, 0) is 29.3 Å². The summed E-state index contributed by atoms with van der Waals surface area (Å²) in [7, 11) is 0. The van der Waals surface area contributed by atoms with E-state index in [9.17, 15) is 17.9 Å². The smallest absolute Gasteiger partial charge is 0.249 e. The second-order valence-corrected chi connectivity index (χ2v) is 3.15. The van der Waals surface area contributed by atoms with Crippen LogP contribution in [-0.2, 0) is 11.1 Å². The van der Waals surface area contributed by atoms with E-state index in [4.69, 9.17) is 5.73 Å². The molecule has 0 aromatic heterocycles. The maximum absolute atomic E-state index is 12.6. The van der Waals surface area contributed by atoms with Gasteiger partial charge in [0.1, 0.15) is 5.82 Å². The quantitative estimate of drug-likeness (QED) is 0.693. The third-order valence-corrected chi connectivity index (χ3v) is 2.10. The summed E-state index contributed by atoms with van der Waals surface area (Å²) in [6.45, 7) is 0. The van der Waals surface area contributed by atoms with Crippen molar-refractivity contribution in [1.29, 1.82) is 0 Å². The van der Waals surface area contributed by atoms with Gasteiger partial charge in [0, 0.05) is 4.90 Å². The largest absolute Gasteiger partial charge is 0.768 e. The van der Waals surface area contributed by atoms with Gasteiger partial charge in [0.05, 0.1) is 5.56 Å². The SMILES string of the molecule is NC(=O)c1cc(F)ccc1S(=O)[O-]. The summed E-state index contributed by atoms with van der Waals surface area (Å²) in [5, 5.41) is 0. The Kier molecular flexibility index (Phi) is 2.74. The van der Waals surface area contributed by atoms with E-state index in [0.717, 1.165) is 18.2 Å². The zero-order valence-electron chi connectivity index (χ0n) is 6.32. The van der Waals surface area contributed by atoms with E-state index in [2.05, 4.69) is 0 Å². The van der Waals surface area contributed by atoms with Crippen LogP contribution >= 0.6 is 0 Å². The van der Waals surface area contributed by atoms with Crippen LogP contribution in [-0.4, -0.2) is 14.7 Å². The molecule has 0 saturated carbocycles. The molecule has 1 aromatic carbocycles. The average Bonchev–Trinajstić information content (AvgIpc) is 2.03. The number of nitrogens with two attached hydrogens (primary N) is 1. The number of primary amides is 1. The summed E-state index contributed by atoms with van der Waals surface area (Å²) in [6, 6.07) is 2.71. The number of halogens is 1. The maximum atomic E-state index is 12.6. The topological polar surface area (TPSA) is 83.2 Å². The van der Waals surface area contributed by atoms with E-state index >= 15 is 0 Å². The maximum Gasteiger partial charge on any atom is 0.249 e. The Bertz CT molecular complexity index is 380. The molecule has 0 saturated heterocycles. The Morgan fingerprint density at radius 1 is 1.54 bits per heavy atom.